The third-order valence-corrected chi connectivity index (χ3v) is 2.15. The number of nitrogens with zero attached hydrogens (tertiary/aromatic N) is 1. The van der Waals surface area contributed by atoms with Crippen molar-refractivity contribution in [3.05, 3.63) is 0 Å². The van der Waals surface area contributed by atoms with Gasteiger partial charge < -0.3 is 10.2 Å². The predicted molar refractivity (Wildman–Crippen MR) is 37.9 cm³/mol. The lowest BCUT2D eigenvalue weighted by atomic mass is 10.4. The van der Waals surface area contributed by atoms with Gasteiger partial charge in [0, 0.05) is 12.3 Å². The Balaban J connectivity index is 2.40. The van der Waals surface area contributed by atoms with Gasteiger partial charge in [0.15, 0.2) is 0 Å². The molecular formula is C5H9NO2S. The van der Waals surface area contributed by atoms with Crippen molar-refractivity contribution in [2.45, 2.75) is 6.10 Å². The van der Waals surface area contributed by atoms with Crippen LogP contribution in [0.2, 0.25) is 0 Å². The molecule has 0 saturated carbocycles. The molecule has 0 amide bonds. The van der Waals surface area contributed by atoms with Gasteiger partial charge in [0.05, 0.1) is 11.7 Å². The zero-order chi connectivity index (χ0) is 6.69. The van der Waals surface area contributed by atoms with E-state index in [1.807, 2.05) is 0 Å². The van der Waals surface area contributed by atoms with Crippen LogP contribution in [0.5, 0.6) is 0 Å². The van der Waals surface area contributed by atoms with Gasteiger partial charge in [0.1, 0.15) is 6.10 Å². The van der Waals surface area contributed by atoms with Crippen LogP contribution in [0.4, 0.5) is 0 Å². The number of hydrogen-bond donors (Lipinski definition) is 2. The van der Waals surface area contributed by atoms with Crippen molar-refractivity contribution in [3.63, 3.8) is 0 Å². The van der Waals surface area contributed by atoms with Gasteiger partial charge in [-0.2, -0.15) is 0 Å². The van der Waals surface area contributed by atoms with E-state index in [9.17, 15) is 0 Å². The molecule has 0 spiro atoms. The summed E-state index contributed by atoms with van der Waals surface area (Å²) in [6.45, 7) is 0.558. The van der Waals surface area contributed by atoms with Gasteiger partial charge in [0.25, 0.3) is 0 Å². The molecule has 1 aliphatic rings. The highest BCUT2D eigenvalue weighted by Gasteiger charge is 2.14. The highest BCUT2D eigenvalue weighted by Crippen LogP contribution is 2.13. The molecule has 1 rings (SSSR count). The Morgan fingerprint density at radius 1 is 1.78 bits per heavy atom. The molecule has 9 heavy (non-hydrogen) atoms. The minimum absolute atomic E-state index is 0.216. The molecule has 0 aromatic heterocycles. The Labute approximate surface area is 57.8 Å². The maximum absolute atomic E-state index is 8.96. The maximum atomic E-state index is 8.96. The van der Waals surface area contributed by atoms with E-state index in [-0.39, 0.29) is 6.61 Å². The zero-order valence-corrected chi connectivity index (χ0v) is 5.77. The van der Waals surface area contributed by atoms with Crippen molar-refractivity contribution in [2.24, 2.45) is 4.99 Å². The maximum Gasteiger partial charge on any atom is 0.125 e. The molecule has 0 fully saturated rings. The summed E-state index contributed by atoms with van der Waals surface area (Å²) < 4.78 is 0. The molecule has 3 nitrogen and oxygen atoms in total. The molecule has 1 unspecified atom stereocenters. The minimum Gasteiger partial charge on any atom is -0.393 e. The van der Waals surface area contributed by atoms with Gasteiger partial charge >= 0.3 is 0 Å². The first-order chi connectivity index (χ1) is 4.34. The fraction of sp³-hybridized carbons (Fsp3) is 0.800. The lowest BCUT2D eigenvalue weighted by Gasteiger charge is -2.03. The molecule has 1 aliphatic heterocycles. The normalized spacial score (nSPS) is 21.8. The zero-order valence-electron chi connectivity index (χ0n) is 4.95. The summed E-state index contributed by atoms with van der Waals surface area (Å²) >= 11 is 1.52. The summed E-state index contributed by atoms with van der Waals surface area (Å²) in [7, 11) is 0. The summed E-state index contributed by atoms with van der Waals surface area (Å²) in [6.07, 6.45) is -0.738. The number of aliphatic imine (C=N–C) groups is 1. The number of aliphatic hydroxyl groups excluding tert-OH is 2. The van der Waals surface area contributed by atoms with Gasteiger partial charge in [-0.1, -0.05) is 0 Å². The Bertz CT molecular complexity index is 126. The first kappa shape index (κ1) is 7.05. The topological polar surface area (TPSA) is 52.8 Å². The molecule has 2 N–H and O–H groups in total. The summed E-state index contributed by atoms with van der Waals surface area (Å²) in [4.78, 5) is 3.98. The summed E-state index contributed by atoms with van der Waals surface area (Å²) in [5.41, 5.74) is 0. The van der Waals surface area contributed by atoms with Gasteiger partial charge in [-0.15, -0.1) is 11.8 Å². The van der Waals surface area contributed by atoms with E-state index in [1.54, 1.807) is 0 Å². The number of rotatable bonds is 2. The highest BCUT2D eigenvalue weighted by atomic mass is 32.2. The molecule has 1 heterocycles. The number of thioether (sulfide) groups is 1. The molecule has 0 radical (unpaired) electrons. The van der Waals surface area contributed by atoms with Crippen molar-refractivity contribution >= 4 is 16.8 Å². The van der Waals surface area contributed by atoms with E-state index in [0.717, 1.165) is 12.3 Å². The number of aliphatic hydroxyl groups is 2. The van der Waals surface area contributed by atoms with Crippen LogP contribution in [0.25, 0.3) is 0 Å². The third kappa shape index (κ3) is 1.67. The molecule has 0 aromatic rings. The first-order valence-electron chi connectivity index (χ1n) is 2.80. The van der Waals surface area contributed by atoms with E-state index in [0.29, 0.717) is 5.04 Å². The molecule has 0 aromatic carbocycles. The van der Waals surface area contributed by atoms with Crippen molar-refractivity contribution in [3.8, 4) is 0 Å². The summed E-state index contributed by atoms with van der Waals surface area (Å²) in [5.74, 6) is 0.937. The van der Waals surface area contributed by atoms with Crippen LogP contribution in [0.3, 0.4) is 0 Å². The van der Waals surface area contributed by atoms with Gasteiger partial charge in [0.2, 0.25) is 0 Å². The molecule has 0 saturated heterocycles. The van der Waals surface area contributed by atoms with E-state index < -0.39 is 6.10 Å². The monoisotopic (exact) mass is 147 g/mol. The SMILES string of the molecule is OCC(O)C1=NCCS1. The Morgan fingerprint density at radius 2 is 2.56 bits per heavy atom. The molecule has 52 valence electrons. The van der Waals surface area contributed by atoms with Crippen molar-refractivity contribution < 1.29 is 10.2 Å². The van der Waals surface area contributed by atoms with Crippen LogP contribution >= 0.6 is 11.8 Å². The van der Waals surface area contributed by atoms with E-state index >= 15 is 0 Å². The van der Waals surface area contributed by atoms with Crippen LogP contribution in [0, 0.1) is 0 Å². The predicted octanol–water partition coefficient (Wildman–Crippen LogP) is -0.515. The van der Waals surface area contributed by atoms with Crippen molar-refractivity contribution in [2.75, 3.05) is 18.9 Å². The second-order valence-electron chi connectivity index (χ2n) is 1.77. The molecule has 4 heteroatoms. The fourth-order valence-electron chi connectivity index (χ4n) is 0.631. The highest BCUT2D eigenvalue weighted by molar-refractivity contribution is 8.14. The van der Waals surface area contributed by atoms with E-state index in [4.69, 9.17) is 10.2 Å². The molecule has 1 atom stereocenters. The van der Waals surface area contributed by atoms with E-state index in [2.05, 4.69) is 4.99 Å². The molecule has 0 aliphatic carbocycles. The van der Waals surface area contributed by atoms with Crippen LogP contribution < -0.4 is 0 Å². The van der Waals surface area contributed by atoms with Gasteiger partial charge in [-0.3, -0.25) is 4.99 Å². The standard InChI is InChI=1S/C5H9NO2S/c7-3-4(8)5-6-1-2-9-5/h4,7-8H,1-3H2. The Morgan fingerprint density at radius 3 is 3.00 bits per heavy atom. The minimum atomic E-state index is -0.738. The fourth-order valence-corrected chi connectivity index (χ4v) is 1.47. The molecule has 0 bridgehead atoms. The van der Waals surface area contributed by atoms with Crippen LogP contribution in [0.1, 0.15) is 0 Å². The largest absolute Gasteiger partial charge is 0.393 e. The first-order valence-corrected chi connectivity index (χ1v) is 3.79. The van der Waals surface area contributed by atoms with Crippen LogP contribution in [0.15, 0.2) is 4.99 Å². The van der Waals surface area contributed by atoms with Crippen molar-refractivity contribution in [1.82, 2.24) is 0 Å². The third-order valence-electron chi connectivity index (χ3n) is 1.07. The Hall–Kier alpha value is -0.0600. The quantitative estimate of drug-likeness (QED) is 0.553. The lowest BCUT2D eigenvalue weighted by molar-refractivity contribution is 0.147. The van der Waals surface area contributed by atoms with E-state index in [1.165, 1.54) is 11.8 Å². The summed E-state index contributed by atoms with van der Waals surface area (Å²) in [6, 6.07) is 0. The Kier molecular flexibility index (Phi) is 2.50. The van der Waals surface area contributed by atoms with Crippen LogP contribution in [-0.2, 0) is 0 Å². The smallest absolute Gasteiger partial charge is 0.125 e. The summed E-state index contributed by atoms with van der Waals surface area (Å²) in [5, 5.41) is 18.1. The average molecular weight is 147 g/mol. The molecular weight excluding hydrogens is 138 g/mol. The lowest BCUT2D eigenvalue weighted by Crippen LogP contribution is -2.19. The second kappa shape index (κ2) is 3.20. The van der Waals surface area contributed by atoms with Crippen LogP contribution in [-0.4, -0.2) is 40.3 Å². The average Bonchev–Trinajstić information content (AvgIpc) is 2.37. The second-order valence-corrected chi connectivity index (χ2v) is 2.88. The number of hydrogen-bond acceptors (Lipinski definition) is 4. The van der Waals surface area contributed by atoms with Gasteiger partial charge in [-0.05, 0) is 0 Å². The van der Waals surface area contributed by atoms with Crippen molar-refractivity contribution in [1.29, 1.82) is 0 Å². The van der Waals surface area contributed by atoms with Gasteiger partial charge in [-0.25, -0.2) is 0 Å².